The van der Waals surface area contributed by atoms with Crippen LogP contribution in [0.4, 0.5) is 5.69 Å². The molecule has 0 spiro atoms. The van der Waals surface area contributed by atoms with Gasteiger partial charge in [-0.3, -0.25) is 10.1 Å². The molecule has 0 amide bonds. The number of rotatable bonds is 4. The average molecular weight is 253 g/mol. The number of ether oxygens (including phenoxy) is 3. The minimum atomic E-state index is -0.472. The van der Waals surface area contributed by atoms with Gasteiger partial charge >= 0.3 is 0 Å². The summed E-state index contributed by atoms with van der Waals surface area (Å²) in [5.74, 6) is 0. The minimum absolute atomic E-state index is 0.00365. The van der Waals surface area contributed by atoms with Gasteiger partial charge in [-0.25, -0.2) is 0 Å². The third-order valence-corrected chi connectivity index (χ3v) is 2.75. The molecule has 2 rings (SSSR count). The van der Waals surface area contributed by atoms with Crippen molar-refractivity contribution >= 4 is 5.69 Å². The van der Waals surface area contributed by atoms with Gasteiger partial charge in [0.25, 0.3) is 5.69 Å². The Morgan fingerprint density at radius 2 is 2.17 bits per heavy atom. The van der Waals surface area contributed by atoms with Gasteiger partial charge in [-0.2, -0.15) is 0 Å². The molecule has 0 saturated carbocycles. The fraction of sp³-hybridized carbons (Fsp3) is 0.500. The van der Waals surface area contributed by atoms with Gasteiger partial charge < -0.3 is 14.2 Å². The largest absolute Gasteiger partial charge is 0.382 e. The molecular weight excluding hydrogens is 238 g/mol. The van der Waals surface area contributed by atoms with E-state index in [1.54, 1.807) is 19.2 Å². The summed E-state index contributed by atoms with van der Waals surface area (Å²) < 4.78 is 16.2. The van der Waals surface area contributed by atoms with Crippen molar-refractivity contribution in [2.45, 2.75) is 18.8 Å². The van der Waals surface area contributed by atoms with Crippen LogP contribution in [0.25, 0.3) is 0 Å². The lowest BCUT2D eigenvalue weighted by Crippen LogP contribution is -2.30. The highest BCUT2D eigenvalue weighted by atomic mass is 16.7. The summed E-state index contributed by atoms with van der Waals surface area (Å²) in [5, 5.41) is 10.6. The molecule has 18 heavy (non-hydrogen) atoms. The fourth-order valence-corrected chi connectivity index (χ4v) is 1.83. The summed E-state index contributed by atoms with van der Waals surface area (Å²) in [7, 11) is 1.62. The number of nitro benzene ring substituents is 1. The molecule has 0 bridgehead atoms. The van der Waals surface area contributed by atoms with E-state index in [0.29, 0.717) is 13.2 Å². The lowest BCUT2D eigenvalue weighted by molar-refractivity contribution is -0.384. The second-order valence-corrected chi connectivity index (χ2v) is 4.05. The molecule has 1 aliphatic rings. The molecule has 0 N–H and O–H groups in total. The maximum atomic E-state index is 10.6. The van der Waals surface area contributed by atoms with Crippen LogP contribution in [0.3, 0.4) is 0 Å². The molecule has 1 heterocycles. The molecule has 6 heteroatoms. The topological polar surface area (TPSA) is 70.8 Å². The molecule has 0 unspecified atom stereocenters. The summed E-state index contributed by atoms with van der Waals surface area (Å²) in [6.45, 7) is 1.11. The number of hydrogen-bond donors (Lipinski definition) is 0. The summed E-state index contributed by atoms with van der Waals surface area (Å²) in [6.07, 6.45) is 0.320. The van der Waals surface area contributed by atoms with Crippen molar-refractivity contribution in [1.82, 2.24) is 0 Å². The quantitative estimate of drug-likeness (QED) is 0.606. The zero-order chi connectivity index (χ0) is 13.0. The van der Waals surface area contributed by atoms with Gasteiger partial charge in [0.2, 0.25) is 0 Å². The Balaban J connectivity index is 2.04. The van der Waals surface area contributed by atoms with Crippen molar-refractivity contribution in [2.75, 3.05) is 20.3 Å². The molecular formula is C12H15NO5. The van der Waals surface area contributed by atoms with Crippen molar-refractivity contribution in [3.05, 3.63) is 39.9 Å². The van der Waals surface area contributed by atoms with E-state index in [1.807, 2.05) is 0 Å². The van der Waals surface area contributed by atoms with Crippen LogP contribution in [0.2, 0.25) is 0 Å². The van der Waals surface area contributed by atoms with Gasteiger partial charge in [-0.15, -0.1) is 0 Å². The van der Waals surface area contributed by atoms with Crippen LogP contribution in [0.15, 0.2) is 24.3 Å². The average Bonchev–Trinajstić information content (AvgIpc) is 2.39. The first kappa shape index (κ1) is 12.9. The molecule has 1 saturated heterocycles. The summed E-state index contributed by atoms with van der Waals surface area (Å²) >= 11 is 0. The Morgan fingerprint density at radius 3 is 2.78 bits per heavy atom. The maximum absolute atomic E-state index is 10.6. The smallest absolute Gasteiger partial charge is 0.269 e. The predicted molar refractivity (Wildman–Crippen MR) is 63.2 cm³/mol. The molecule has 6 nitrogen and oxygen atoms in total. The van der Waals surface area contributed by atoms with Crippen LogP contribution < -0.4 is 0 Å². The van der Waals surface area contributed by atoms with Gasteiger partial charge in [0.1, 0.15) is 0 Å². The summed E-state index contributed by atoms with van der Waals surface area (Å²) in [4.78, 5) is 10.1. The van der Waals surface area contributed by atoms with Crippen LogP contribution in [-0.4, -0.2) is 31.4 Å². The van der Waals surface area contributed by atoms with E-state index < -0.39 is 11.2 Å². The van der Waals surface area contributed by atoms with Crippen LogP contribution in [0.5, 0.6) is 0 Å². The summed E-state index contributed by atoms with van der Waals surface area (Å²) in [5.41, 5.74) is 0.837. The van der Waals surface area contributed by atoms with Crippen LogP contribution in [0.1, 0.15) is 18.3 Å². The highest BCUT2D eigenvalue weighted by Gasteiger charge is 2.24. The van der Waals surface area contributed by atoms with Crippen molar-refractivity contribution < 1.29 is 19.1 Å². The minimum Gasteiger partial charge on any atom is -0.382 e. The van der Waals surface area contributed by atoms with Gasteiger partial charge in [0.05, 0.1) is 24.2 Å². The van der Waals surface area contributed by atoms with E-state index in [-0.39, 0.29) is 11.8 Å². The molecule has 1 aliphatic heterocycles. The van der Waals surface area contributed by atoms with E-state index in [2.05, 4.69) is 0 Å². The number of methoxy groups -OCH3 is 1. The lowest BCUT2D eigenvalue weighted by atomic mass is 10.1. The Labute approximate surface area is 105 Å². The zero-order valence-electron chi connectivity index (χ0n) is 10.1. The van der Waals surface area contributed by atoms with E-state index >= 15 is 0 Å². The van der Waals surface area contributed by atoms with Gasteiger partial charge in [0.15, 0.2) is 6.29 Å². The SMILES string of the molecule is COC[C@@H]1CCO[C@H](c2ccc([N+](=O)[O-])cc2)O1. The third-order valence-electron chi connectivity index (χ3n) is 2.75. The molecule has 2 atom stereocenters. The Kier molecular flexibility index (Phi) is 4.24. The first-order valence-corrected chi connectivity index (χ1v) is 5.71. The van der Waals surface area contributed by atoms with Crippen LogP contribution in [0, 0.1) is 10.1 Å². The van der Waals surface area contributed by atoms with E-state index in [1.165, 1.54) is 12.1 Å². The third kappa shape index (κ3) is 3.04. The fourth-order valence-electron chi connectivity index (χ4n) is 1.83. The number of benzene rings is 1. The van der Waals surface area contributed by atoms with Crippen molar-refractivity contribution in [3.8, 4) is 0 Å². The monoisotopic (exact) mass is 253 g/mol. The van der Waals surface area contributed by atoms with Gasteiger partial charge in [0, 0.05) is 24.8 Å². The first-order valence-electron chi connectivity index (χ1n) is 5.71. The van der Waals surface area contributed by atoms with Crippen molar-refractivity contribution in [2.24, 2.45) is 0 Å². The van der Waals surface area contributed by atoms with E-state index in [4.69, 9.17) is 14.2 Å². The van der Waals surface area contributed by atoms with Crippen LogP contribution in [-0.2, 0) is 14.2 Å². The second-order valence-electron chi connectivity index (χ2n) is 4.05. The Bertz CT molecular complexity index is 403. The summed E-state index contributed by atoms with van der Waals surface area (Å²) in [6, 6.07) is 6.19. The number of nitro groups is 1. The highest BCUT2D eigenvalue weighted by Crippen LogP contribution is 2.27. The number of non-ortho nitro benzene ring substituents is 1. The van der Waals surface area contributed by atoms with Gasteiger partial charge in [-0.1, -0.05) is 0 Å². The molecule has 1 fully saturated rings. The number of nitrogens with zero attached hydrogens (tertiary/aromatic N) is 1. The molecule has 0 radical (unpaired) electrons. The maximum Gasteiger partial charge on any atom is 0.269 e. The standard InChI is InChI=1S/C12H15NO5/c1-16-8-11-6-7-17-12(18-11)9-2-4-10(5-3-9)13(14)15/h2-5,11-12H,6-8H2,1H3/t11-,12-/m0/s1. The Hall–Kier alpha value is -1.50. The molecule has 1 aromatic carbocycles. The zero-order valence-corrected chi connectivity index (χ0v) is 10.1. The molecule has 1 aromatic rings. The molecule has 0 aliphatic carbocycles. The molecule has 0 aromatic heterocycles. The van der Waals surface area contributed by atoms with Crippen LogP contribution >= 0.6 is 0 Å². The Morgan fingerprint density at radius 1 is 1.44 bits per heavy atom. The lowest BCUT2D eigenvalue weighted by Gasteiger charge is -2.30. The predicted octanol–water partition coefficient (Wildman–Crippen LogP) is 2.05. The van der Waals surface area contributed by atoms with Gasteiger partial charge in [-0.05, 0) is 18.6 Å². The normalized spacial score (nSPS) is 23.8. The van der Waals surface area contributed by atoms with E-state index in [0.717, 1.165) is 12.0 Å². The van der Waals surface area contributed by atoms with E-state index in [9.17, 15) is 10.1 Å². The first-order chi connectivity index (χ1) is 8.70. The second kappa shape index (κ2) is 5.90. The highest BCUT2D eigenvalue weighted by molar-refractivity contribution is 5.33. The van der Waals surface area contributed by atoms with Crippen molar-refractivity contribution in [1.29, 1.82) is 0 Å². The van der Waals surface area contributed by atoms with Crippen molar-refractivity contribution in [3.63, 3.8) is 0 Å². The molecule has 98 valence electrons. The number of hydrogen-bond acceptors (Lipinski definition) is 5.